The highest BCUT2D eigenvalue weighted by atomic mass is 35.5. The molecule has 1 N–H and O–H groups in total. The van der Waals surface area contributed by atoms with Crippen molar-refractivity contribution in [2.24, 2.45) is 0 Å². The Morgan fingerprint density at radius 1 is 1.25 bits per heavy atom. The molecule has 28 heavy (non-hydrogen) atoms. The quantitative estimate of drug-likeness (QED) is 0.601. The second-order valence-electron chi connectivity index (χ2n) is 6.05. The Morgan fingerprint density at radius 3 is 2.75 bits per heavy atom. The molecule has 0 saturated carbocycles. The van der Waals surface area contributed by atoms with E-state index in [9.17, 15) is 9.59 Å². The molecular formula is C20H19ClN2O5. The largest absolute Gasteiger partial charge is 0.495 e. The Hall–Kier alpha value is -3.06. The maximum atomic E-state index is 12.2. The van der Waals surface area contributed by atoms with Gasteiger partial charge in [-0.2, -0.15) is 0 Å². The van der Waals surface area contributed by atoms with Gasteiger partial charge in [0.1, 0.15) is 11.3 Å². The van der Waals surface area contributed by atoms with Crippen LogP contribution in [0.1, 0.15) is 19.2 Å². The number of oxazole rings is 1. The van der Waals surface area contributed by atoms with Crippen LogP contribution in [0.3, 0.4) is 0 Å². The summed E-state index contributed by atoms with van der Waals surface area (Å²) in [6.07, 6.45) is -0.619. The first kappa shape index (κ1) is 19.7. The Bertz CT molecular complexity index is 968. The number of hydrogen-bond donors (Lipinski definition) is 1. The van der Waals surface area contributed by atoms with Crippen LogP contribution in [0, 0.1) is 0 Å². The molecular weight excluding hydrogens is 384 g/mol. The minimum Gasteiger partial charge on any atom is -0.495 e. The SMILES string of the molecule is COc1ccc(NC(=O)[C@H](C)OC(=O)CCc2nc3ccccc3o2)cc1Cl. The summed E-state index contributed by atoms with van der Waals surface area (Å²) in [7, 11) is 1.50. The Kier molecular flexibility index (Phi) is 6.16. The highest BCUT2D eigenvalue weighted by Gasteiger charge is 2.19. The third-order valence-electron chi connectivity index (χ3n) is 3.98. The van der Waals surface area contributed by atoms with Crippen molar-refractivity contribution in [3.63, 3.8) is 0 Å². The maximum Gasteiger partial charge on any atom is 0.307 e. The fourth-order valence-corrected chi connectivity index (χ4v) is 2.79. The number of methoxy groups -OCH3 is 1. The molecule has 0 radical (unpaired) electrons. The lowest BCUT2D eigenvalue weighted by molar-refractivity contribution is -0.153. The normalized spacial score (nSPS) is 11.8. The first-order valence-corrected chi connectivity index (χ1v) is 9.02. The van der Waals surface area contributed by atoms with Crippen LogP contribution in [-0.4, -0.2) is 30.1 Å². The summed E-state index contributed by atoms with van der Waals surface area (Å²) in [5.41, 5.74) is 1.87. The second kappa shape index (κ2) is 8.75. The van der Waals surface area contributed by atoms with Gasteiger partial charge >= 0.3 is 5.97 Å². The number of nitrogens with zero attached hydrogens (tertiary/aromatic N) is 1. The van der Waals surface area contributed by atoms with E-state index in [1.54, 1.807) is 18.2 Å². The second-order valence-corrected chi connectivity index (χ2v) is 6.45. The highest BCUT2D eigenvalue weighted by molar-refractivity contribution is 6.32. The van der Waals surface area contributed by atoms with E-state index in [1.165, 1.54) is 14.0 Å². The summed E-state index contributed by atoms with van der Waals surface area (Å²) in [6.45, 7) is 1.50. The van der Waals surface area contributed by atoms with Crippen LogP contribution in [0.15, 0.2) is 46.9 Å². The third-order valence-corrected chi connectivity index (χ3v) is 4.27. The summed E-state index contributed by atoms with van der Waals surface area (Å²) in [5, 5.41) is 3.01. The lowest BCUT2D eigenvalue weighted by atomic mass is 10.2. The van der Waals surface area contributed by atoms with Gasteiger partial charge in [0, 0.05) is 12.1 Å². The highest BCUT2D eigenvalue weighted by Crippen LogP contribution is 2.27. The number of para-hydroxylation sites is 2. The van der Waals surface area contributed by atoms with Gasteiger partial charge < -0.3 is 19.2 Å². The van der Waals surface area contributed by atoms with Crippen molar-refractivity contribution < 1.29 is 23.5 Å². The zero-order valence-electron chi connectivity index (χ0n) is 15.4. The van der Waals surface area contributed by atoms with E-state index >= 15 is 0 Å². The monoisotopic (exact) mass is 402 g/mol. The molecule has 0 fully saturated rings. The third kappa shape index (κ3) is 4.80. The summed E-state index contributed by atoms with van der Waals surface area (Å²) >= 11 is 6.03. The molecule has 3 rings (SSSR count). The summed E-state index contributed by atoms with van der Waals surface area (Å²) in [4.78, 5) is 28.5. The van der Waals surface area contributed by atoms with E-state index in [4.69, 9.17) is 25.5 Å². The zero-order chi connectivity index (χ0) is 20.1. The number of fused-ring (bicyclic) bond motifs is 1. The van der Waals surface area contributed by atoms with E-state index in [0.29, 0.717) is 27.9 Å². The standard InChI is InChI=1S/C20H19ClN2O5/c1-12(20(25)22-13-7-8-16(26-2)14(21)11-13)27-19(24)10-9-18-23-15-5-3-4-6-17(15)28-18/h3-8,11-12H,9-10H2,1-2H3,(H,22,25)/t12-/m0/s1. The number of rotatable bonds is 7. The van der Waals surface area contributed by atoms with Crippen molar-refractivity contribution in [1.82, 2.24) is 4.98 Å². The van der Waals surface area contributed by atoms with Crippen molar-refractivity contribution >= 4 is 40.3 Å². The number of esters is 1. The smallest absolute Gasteiger partial charge is 0.307 e. The van der Waals surface area contributed by atoms with E-state index < -0.39 is 18.0 Å². The van der Waals surface area contributed by atoms with Crippen molar-refractivity contribution in [3.05, 3.63) is 53.4 Å². The number of carbonyl (C=O) groups excluding carboxylic acids is 2. The number of benzene rings is 2. The van der Waals surface area contributed by atoms with Gasteiger partial charge in [-0.15, -0.1) is 0 Å². The summed E-state index contributed by atoms with van der Waals surface area (Å²) in [6, 6.07) is 12.2. The van der Waals surface area contributed by atoms with Crippen LogP contribution < -0.4 is 10.1 Å². The van der Waals surface area contributed by atoms with Crippen molar-refractivity contribution in [2.45, 2.75) is 25.9 Å². The summed E-state index contributed by atoms with van der Waals surface area (Å²) < 4.78 is 15.8. The number of aryl methyl sites for hydroxylation is 1. The molecule has 0 bridgehead atoms. The molecule has 0 saturated heterocycles. The fraction of sp³-hybridized carbons (Fsp3) is 0.250. The minimum absolute atomic E-state index is 0.0544. The molecule has 0 spiro atoms. The lowest BCUT2D eigenvalue weighted by Crippen LogP contribution is -2.30. The van der Waals surface area contributed by atoms with Crippen LogP contribution in [-0.2, 0) is 20.7 Å². The fourth-order valence-electron chi connectivity index (χ4n) is 2.53. The first-order valence-electron chi connectivity index (χ1n) is 8.64. The Balaban J connectivity index is 1.50. The maximum absolute atomic E-state index is 12.2. The molecule has 3 aromatic rings. The van der Waals surface area contributed by atoms with E-state index in [0.717, 1.165) is 5.52 Å². The minimum atomic E-state index is -0.961. The molecule has 1 atom stereocenters. The number of ether oxygens (including phenoxy) is 2. The molecule has 1 heterocycles. The molecule has 0 aliphatic rings. The average molecular weight is 403 g/mol. The average Bonchev–Trinajstić information content (AvgIpc) is 3.09. The number of hydrogen-bond acceptors (Lipinski definition) is 6. The van der Waals surface area contributed by atoms with Gasteiger partial charge in [-0.05, 0) is 37.3 Å². The first-order chi connectivity index (χ1) is 13.5. The molecule has 1 aromatic heterocycles. The predicted molar refractivity (Wildman–Crippen MR) is 105 cm³/mol. The summed E-state index contributed by atoms with van der Waals surface area (Å²) in [5.74, 6) is -0.0319. The Morgan fingerprint density at radius 2 is 2.04 bits per heavy atom. The molecule has 0 aliphatic heterocycles. The van der Waals surface area contributed by atoms with Crippen LogP contribution >= 0.6 is 11.6 Å². The molecule has 0 aliphatic carbocycles. The van der Waals surface area contributed by atoms with Crippen LogP contribution in [0.2, 0.25) is 5.02 Å². The van der Waals surface area contributed by atoms with E-state index in [-0.39, 0.29) is 12.8 Å². The van der Waals surface area contributed by atoms with Crippen LogP contribution in [0.4, 0.5) is 5.69 Å². The van der Waals surface area contributed by atoms with Gasteiger partial charge in [-0.3, -0.25) is 9.59 Å². The van der Waals surface area contributed by atoms with E-state index in [1.807, 2.05) is 24.3 Å². The predicted octanol–water partition coefficient (Wildman–Crippen LogP) is 3.99. The number of nitrogens with one attached hydrogen (secondary N) is 1. The molecule has 7 nitrogen and oxygen atoms in total. The van der Waals surface area contributed by atoms with Crippen LogP contribution in [0.5, 0.6) is 5.75 Å². The van der Waals surface area contributed by atoms with Crippen molar-refractivity contribution in [3.8, 4) is 5.75 Å². The van der Waals surface area contributed by atoms with Gasteiger partial charge in [0.2, 0.25) is 0 Å². The van der Waals surface area contributed by atoms with Gasteiger partial charge in [-0.25, -0.2) is 4.98 Å². The zero-order valence-corrected chi connectivity index (χ0v) is 16.2. The van der Waals surface area contributed by atoms with Crippen LogP contribution in [0.25, 0.3) is 11.1 Å². The Labute approximate surface area is 166 Å². The number of carbonyl (C=O) groups is 2. The van der Waals surface area contributed by atoms with Gasteiger partial charge in [0.05, 0.1) is 18.6 Å². The molecule has 2 aromatic carbocycles. The number of halogens is 1. The molecule has 0 unspecified atom stereocenters. The van der Waals surface area contributed by atoms with Crippen molar-refractivity contribution in [2.75, 3.05) is 12.4 Å². The van der Waals surface area contributed by atoms with E-state index in [2.05, 4.69) is 10.3 Å². The number of amides is 1. The van der Waals surface area contributed by atoms with Gasteiger partial charge in [0.25, 0.3) is 5.91 Å². The topological polar surface area (TPSA) is 90.7 Å². The van der Waals surface area contributed by atoms with Crippen molar-refractivity contribution in [1.29, 1.82) is 0 Å². The van der Waals surface area contributed by atoms with Gasteiger partial charge in [0.15, 0.2) is 17.6 Å². The number of anilines is 1. The number of aromatic nitrogens is 1. The molecule has 8 heteroatoms. The lowest BCUT2D eigenvalue weighted by Gasteiger charge is -2.14. The molecule has 1 amide bonds. The van der Waals surface area contributed by atoms with Gasteiger partial charge in [-0.1, -0.05) is 23.7 Å². The molecule has 146 valence electrons.